The molecule has 2 aliphatic rings. The zero-order valence-electron chi connectivity index (χ0n) is 17.9. The van der Waals surface area contributed by atoms with Crippen molar-refractivity contribution in [2.75, 3.05) is 13.2 Å². The Kier molecular flexibility index (Phi) is 6.78. The number of benzene rings is 1. The smallest absolute Gasteiger partial charge is 0.262 e. The molecule has 0 aliphatic carbocycles. The molecule has 4 rings (SSSR count). The lowest BCUT2D eigenvalue weighted by atomic mass is 10.00. The molecule has 2 fully saturated rings. The van der Waals surface area contributed by atoms with Crippen LogP contribution in [-0.2, 0) is 16.1 Å². The number of ether oxygens (including phenoxy) is 1. The van der Waals surface area contributed by atoms with Gasteiger partial charge in [0, 0.05) is 19.2 Å². The molecule has 6 nitrogen and oxygen atoms in total. The van der Waals surface area contributed by atoms with E-state index < -0.39 is 0 Å². The first-order valence-electron chi connectivity index (χ1n) is 11.2. The molecule has 7 heteroatoms. The Bertz CT molecular complexity index is 954. The average molecular weight is 430 g/mol. The van der Waals surface area contributed by atoms with E-state index in [1.807, 2.05) is 36.1 Å². The summed E-state index contributed by atoms with van der Waals surface area (Å²) < 4.78 is 7.51. The minimum Gasteiger partial charge on any atom is -0.376 e. The van der Waals surface area contributed by atoms with Gasteiger partial charge in [-0.25, -0.2) is 4.98 Å². The largest absolute Gasteiger partial charge is 0.376 e. The van der Waals surface area contributed by atoms with Crippen LogP contribution in [0.4, 0.5) is 0 Å². The summed E-state index contributed by atoms with van der Waals surface area (Å²) >= 11 is 1.40. The Balaban J connectivity index is 1.63. The van der Waals surface area contributed by atoms with E-state index >= 15 is 0 Å². The number of hydrogen-bond acceptors (Lipinski definition) is 5. The maximum absolute atomic E-state index is 13.2. The molecule has 3 unspecified atom stereocenters. The zero-order chi connectivity index (χ0) is 21.1. The van der Waals surface area contributed by atoms with Crippen molar-refractivity contribution >= 4 is 28.6 Å². The number of amides is 1. The minimum absolute atomic E-state index is 0.0302. The van der Waals surface area contributed by atoms with Gasteiger partial charge >= 0.3 is 0 Å². The standard InChI is InChI=1S/C23H31N3O3S/c1-3-17-9-6-7-13-25(17)21(27)16(2)30-23-24-20-12-5-4-11-19(20)22(28)26(23)15-18-10-8-14-29-18/h4-5,11-12,16-18H,3,6-10,13-15H2,1-2H3. The average Bonchev–Trinajstić information content (AvgIpc) is 3.29. The van der Waals surface area contributed by atoms with Crippen molar-refractivity contribution in [3.05, 3.63) is 34.6 Å². The predicted molar refractivity (Wildman–Crippen MR) is 120 cm³/mol. The monoisotopic (exact) mass is 429 g/mol. The summed E-state index contributed by atoms with van der Waals surface area (Å²) in [6.45, 7) is 6.15. The maximum atomic E-state index is 13.2. The van der Waals surface area contributed by atoms with Gasteiger partial charge in [-0.05, 0) is 57.6 Å². The van der Waals surface area contributed by atoms with E-state index in [0.717, 1.165) is 45.3 Å². The van der Waals surface area contributed by atoms with Gasteiger partial charge in [-0.3, -0.25) is 14.2 Å². The lowest BCUT2D eigenvalue weighted by Crippen LogP contribution is -2.46. The van der Waals surface area contributed by atoms with E-state index in [-0.39, 0.29) is 22.8 Å². The molecule has 0 spiro atoms. The van der Waals surface area contributed by atoms with E-state index in [0.29, 0.717) is 28.6 Å². The third-order valence-electron chi connectivity index (χ3n) is 6.25. The van der Waals surface area contributed by atoms with Gasteiger partial charge in [-0.15, -0.1) is 0 Å². The molecule has 0 radical (unpaired) electrons. The fraction of sp³-hybridized carbons (Fsp3) is 0.609. The topological polar surface area (TPSA) is 64.4 Å². The van der Waals surface area contributed by atoms with Crippen molar-refractivity contribution in [2.45, 2.75) is 81.5 Å². The van der Waals surface area contributed by atoms with Gasteiger partial charge in [0.25, 0.3) is 5.56 Å². The summed E-state index contributed by atoms with van der Waals surface area (Å²) in [5.41, 5.74) is 0.625. The highest BCUT2D eigenvalue weighted by atomic mass is 32.2. The second-order valence-electron chi connectivity index (χ2n) is 8.31. The molecular formula is C23H31N3O3S. The summed E-state index contributed by atoms with van der Waals surface area (Å²) in [6.07, 6.45) is 6.32. The second kappa shape index (κ2) is 9.52. The first-order valence-corrected chi connectivity index (χ1v) is 12.0. The van der Waals surface area contributed by atoms with Crippen LogP contribution in [0.3, 0.4) is 0 Å². The number of para-hydroxylation sites is 1. The molecule has 162 valence electrons. The highest BCUT2D eigenvalue weighted by Crippen LogP contribution is 2.28. The summed E-state index contributed by atoms with van der Waals surface area (Å²) in [6, 6.07) is 7.76. The lowest BCUT2D eigenvalue weighted by molar-refractivity contribution is -0.134. The van der Waals surface area contributed by atoms with Gasteiger partial charge in [0.1, 0.15) is 0 Å². The SMILES string of the molecule is CCC1CCCCN1C(=O)C(C)Sc1nc2ccccc2c(=O)n1CC1CCCO1. The molecule has 2 aromatic rings. The van der Waals surface area contributed by atoms with E-state index in [1.54, 1.807) is 4.57 Å². The first kappa shape index (κ1) is 21.4. The number of likely N-dealkylation sites (tertiary alicyclic amines) is 1. The molecule has 0 saturated carbocycles. The van der Waals surface area contributed by atoms with Gasteiger partial charge < -0.3 is 9.64 Å². The van der Waals surface area contributed by atoms with Crippen LogP contribution < -0.4 is 5.56 Å². The van der Waals surface area contributed by atoms with E-state index in [9.17, 15) is 9.59 Å². The predicted octanol–water partition coefficient (Wildman–Crippen LogP) is 3.85. The summed E-state index contributed by atoms with van der Waals surface area (Å²) in [5, 5.41) is 0.932. The highest BCUT2D eigenvalue weighted by Gasteiger charge is 2.30. The summed E-state index contributed by atoms with van der Waals surface area (Å²) in [4.78, 5) is 33.3. The number of aromatic nitrogens is 2. The van der Waals surface area contributed by atoms with E-state index in [4.69, 9.17) is 9.72 Å². The van der Waals surface area contributed by atoms with Gasteiger partial charge in [0.15, 0.2) is 5.16 Å². The summed E-state index contributed by atoms with van der Waals surface area (Å²) in [7, 11) is 0. The van der Waals surface area contributed by atoms with Gasteiger partial charge in [-0.1, -0.05) is 30.8 Å². The van der Waals surface area contributed by atoms with Crippen LogP contribution in [0.5, 0.6) is 0 Å². The van der Waals surface area contributed by atoms with E-state index in [1.165, 1.54) is 18.2 Å². The van der Waals surface area contributed by atoms with Crippen LogP contribution in [0.2, 0.25) is 0 Å². The molecule has 1 aromatic heterocycles. The van der Waals surface area contributed by atoms with Crippen molar-refractivity contribution in [1.82, 2.24) is 14.5 Å². The van der Waals surface area contributed by atoms with Crippen LogP contribution in [0, 0.1) is 0 Å². The molecule has 30 heavy (non-hydrogen) atoms. The molecule has 0 bridgehead atoms. The highest BCUT2D eigenvalue weighted by molar-refractivity contribution is 8.00. The third kappa shape index (κ3) is 4.42. The number of nitrogens with zero attached hydrogens (tertiary/aromatic N) is 3. The number of carbonyl (C=O) groups excluding carboxylic acids is 1. The minimum atomic E-state index is -0.291. The lowest BCUT2D eigenvalue weighted by Gasteiger charge is -2.36. The van der Waals surface area contributed by atoms with E-state index in [2.05, 4.69) is 6.92 Å². The Labute approximate surface area is 182 Å². The summed E-state index contributed by atoms with van der Waals surface area (Å²) in [5.74, 6) is 0.151. The number of rotatable bonds is 6. The Morgan fingerprint density at radius 3 is 2.87 bits per heavy atom. The number of fused-ring (bicyclic) bond motifs is 1. The number of carbonyl (C=O) groups is 1. The van der Waals surface area contributed by atoms with Gasteiger partial charge in [-0.2, -0.15) is 0 Å². The van der Waals surface area contributed by atoms with Crippen molar-refractivity contribution < 1.29 is 9.53 Å². The quantitative estimate of drug-likeness (QED) is 0.516. The number of thioether (sulfide) groups is 1. The van der Waals surface area contributed by atoms with Crippen LogP contribution >= 0.6 is 11.8 Å². The molecule has 3 atom stereocenters. The fourth-order valence-electron chi connectivity index (χ4n) is 4.55. The van der Waals surface area contributed by atoms with Crippen LogP contribution in [0.25, 0.3) is 10.9 Å². The van der Waals surface area contributed by atoms with Gasteiger partial charge in [0.2, 0.25) is 5.91 Å². The van der Waals surface area contributed by atoms with Crippen molar-refractivity contribution in [1.29, 1.82) is 0 Å². The Hall–Kier alpha value is -1.86. The first-order chi connectivity index (χ1) is 14.6. The van der Waals surface area contributed by atoms with Crippen LogP contribution in [-0.4, -0.2) is 50.9 Å². The zero-order valence-corrected chi connectivity index (χ0v) is 18.7. The molecule has 2 aliphatic heterocycles. The molecule has 1 amide bonds. The van der Waals surface area contributed by atoms with Crippen molar-refractivity contribution in [3.63, 3.8) is 0 Å². The maximum Gasteiger partial charge on any atom is 0.262 e. The molecule has 0 N–H and O–H groups in total. The van der Waals surface area contributed by atoms with Crippen molar-refractivity contribution in [3.8, 4) is 0 Å². The molecular weight excluding hydrogens is 398 g/mol. The number of hydrogen-bond donors (Lipinski definition) is 0. The van der Waals surface area contributed by atoms with Crippen LogP contribution in [0.15, 0.2) is 34.2 Å². The molecule has 1 aromatic carbocycles. The molecule has 2 saturated heterocycles. The fourth-order valence-corrected chi connectivity index (χ4v) is 5.54. The second-order valence-corrected chi connectivity index (χ2v) is 9.62. The van der Waals surface area contributed by atoms with Crippen molar-refractivity contribution in [2.24, 2.45) is 0 Å². The number of piperidine rings is 1. The normalized spacial score (nSPS) is 23.1. The Morgan fingerprint density at radius 1 is 1.27 bits per heavy atom. The van der Waals surface area contributed by atoms with Crippen LogP contribution in [0.1, 0.15) is 52.4 Å². The third-order valence-corrected chi connectivity index (χ3v) is 7.33. The Morgan fingerprint density at radius 2 is 2.10 bits per heavy atom. The van der Waals surface area contributed by atoms with Gasteiger partial charge in [0.05, 0.1) is 28.8 Å². The molecule has 3 heterocycles.